The number of rotatable bonds is 1. The smallest absolute Gasteiger partial charge is 0.145 e. The molecule has 0 aliphatic heterocycles. The molecule has 1 saturated carbocycles. The van der Waals surface area contributed by atoms with Crippen molar-refractivity contribution in [1.29, 1.82) is 0 Å². The molecule has 0 N–H and O–H groups in total. The average molecular weight is 218 g/mol. The Morgan fingerprint density at radius 3 is 2.81 bits per heavy atom. The summed E-state index contributed by atoms with van der Waals surface area (Å²) in [4.78, 5) is 11.0. The van der Waals surface area contributed by atoms with Crippen LogP contribution in [-0.4, -0.2) is 6.29 Å². The Morgan fingerprint density at radius 2 is 2.12 bits per heavy atom. The predicted octanol–water partition coefficient (Wildman–Crippen LogP) is 3.90. The molecule has 88 valence electrons. The zero-order valence-electron chi connectivity index (χ0n) is 10.6. The fourth-order valence-corrected chi connectivity index (χ4v) is 3.38. The van der Waals surface area contributed by atoms with Gasteiger partial charge in [0.2, 0.25) is 0 Å². The highest BCUT2D eigenvalue weighted by Gasteiger charge is 2.35. The third kappa shape index (κ3) is 2.00. The van der Waals surface area contributed by atoms with Crippen molar-refractivity contribution >= 4 is 6.29 Å². The summed E-state index contributed by atoms with van der Waals surface area (Å²) < 4.78 is 0. The fourth-order valence-electron chi connectivity index (χ4n) is 3.38. The van der Waals surface area contributed by atoms with Gasteiger partial charge < -0.3 is 0 Å². The number of fused-ring (bicyclic) bond motifs is 1. The molecule has 1 heteroatoms. The predicted molar refractivity (Wildman–Crippen MR) is 67.1 cm³/mol. The Bertz CT molecular complexity index is 348. The minimum Gasteiger partial charge on any atom is -0.298 e. The molecule has 0 aromatic rings. The SMILES string of the molecule is CC1=CC2/C(=C(/C)C=O)CCC(C)C2CC1. The molecule has 16 heavy (non-hydrogen) atoms. The first-order chi connectivity index (χ1) is 7.63. The maximum Gasteiger partial charge on any atom is 0.145 e. The summed E-state index contributed by atoms with van der Waals surface area (Å²) in [7, 11) is 0. The number of aldehydes is 1. The second-order valence-corrected chi connectivity index (χ2v) is 5.58. The topological polar surface area (TPSA) is 17.1 Å². The van der Waals surface area contributed by atoms with Gasteiger partial charge in [-0.05, 0) is 56.9 Å². The molecule has 0 radical (unpaired) electrons. The molecule has 2 aliphatic carbocycles. The van der Waals surface area contributed by atoms with E-state index in [-0.39, 0.29) is 0 Å². The van der Waals surface area contributed by atoms with Crippen molar-refractivity contribution in [2.45, 2.75) is 46.5 Å². The van der Waals surface area contributed by atoms with E-state index in [0.29, 0.717) is 5.92 Å². The Kier molecular flexibility index (Phi) is 3.32. The lowest BCUT2D eigenvalue weighted by molar-refractivity contribution is -0.105. The van der Waals surface area contributed by atoms with E-state index in [4.69, 9.17) is 0 Å². The van der Waals surface area contributed by atoms with Gasteiger partial charge in [0.15, 0.2) is 0 Å². The van der Waals surface area contributed by atoms with Crippen molar-refractivity contribution in [2.24, 2.45) is 17.8 Å². The van der Waals surface area contributed by atoms with Crippen LogP contribution in [-0.2, 0) is 4.79 Å². The minimum absolute atomic E-state index is 0.558. The number of carbonyl (C=O) groups is 1. The van der Waals surface area contributed by atoms with Crippen molar-refractivity contribution in [3.05, 3.63) is 22.8 Å². The normalized spacial score (nSPS) is 37.4. The van der Waals surface area contributed by atoms with Gasteiger partial charge in [0.25, 0.3) is 0 Å². The molecule has 1 fully saturated rings. The largest absolute Gasteiger partial charge is 0.298 e. The molecule has 3 unspecified atom stereocenters. The lowest BCUT2D eigenvalue weighted by Gasteiger charge is -2.40. The maximum absolute atomic E-state index is 11.0. The van der Waals surface area contributed by atoms with Gasteiger partial charge in [0.1, 0.15) is 6.29 Å². The van der Waals surface area contributed by atoms with Crippen molar-refractivity contribution < 1.29 is 4.79 Å². The molecular weight excluding hydrogens is 196 g/mol. The summed E-state index contributed by atoms with van der Waals surface area (Å²) in [6, 6.07) is 0. The van der Waals surface area contributed by atoms with E-state index >= 15 is 0 Å². The monoisotopic (exact) mass is 218 g/mol. The summed E-state index contributed by atoms with van der Waals surface area (Å²) in [5, 5.41) is 0. The second kappa shape index (κ2) is 4.57. The van der Waals surface area contributed by atoms with Gasteiger partial charge >= 0.3 is 0 Å². The van der Waals surface area contributed by atoms with Crippen LogP contribution < -0.4 is 0 Å². The van der Waals surface area contributed by atoms with Crippen LogP contribution in [0.3, 0.4) is 0 Å². The van der Waals surface area contributed by atoms with Crippen molar-refractivity contribution in [3.63, 3.8) is 0 Å². The third-order valence-corrected chi connectivity index (χ3v) is 4.48. The van der Waals surface area contributed by atoms with E-state index in [2.05, 4.69) is 19.9 Å². The second-order valence-electron chi connectivity index (χ2n) is 5.58. The fraction of sp³-hybridized carbons (Fsp3) is 0.667. The lowest BCUT2D eigenvalue weighted by Crippen LogP contribution is -2.30. The van der Waals surface area contributed by atoms with E-state index in [1.807, 2.05) is 6.92 Å². The Balaban J connectivity index is 2.36. The van der Waals surface area contributed by atoms with E-state index in [1.54, 1.807) is 0 Å². The van der Waals surface area contributed by atoms with Crippen molar-refractivity contribution in [1.82, 2.24) is 0 Å². The minimum atomic E-state index is 0.558. The molecule has 3 atom stereocenters. The molecule has 0 amide bonds. The zero-order valence-corrected chi connectivity index (χ0v) is 10.6. The number of hydrogen-bond acceptors (Lipinski definition) is 1. The van der Waals surface area contributed by atoms with E-state index in [9.17, 15) is 4.79 Å². The molecule has 1 nitrogen and oxygen atoms in total. The van der Waals surface area contributed by atoms with Crippen molar-refractivity contribution in [2.75, 3.05) is 0 Å². The Morgan fingerprint density at radius 1 is 1.38 bits per heavy atom. The molecule has 0 spiro atoms. The lowest BCUT2D eigenvalue weighted by atomic mass is 9.64. The van der Waals surface area contributed by atoms with Crippen LogP contribution in [0, 0.1) is 17.8 Å². The molecule has 0 bridgehead atoms. The van der Waals surface area contributed by atoms with Gasteiger partial charge in [-0.3, -0.25) is 4.79 Å². The molecule has 0 saturated heterocycles. The van der Waals surface area contributed by atoms with Gasteiger partial charge in [0.05, 0.1) is 0 Å². The van der Waals surface area contributed by atoms with E-state index in [0.717, 1.165) is 30.1 Å². The summed E-state index contributed by atoms with van der Waals surface area (Å²) in [6.45, 7) is 6.58. The first kappa shape index (κ1) is 11.6. The zero-order chi connectivity index (χ0) is 11.7. The molecule has 0 aromatic heterocycles. The average Bonchev–Trinajstić information content (AvgIpc) is 2.28. The van der Waals surface area contributed by atoms with Gasteiger partial charge in [0, 0.05) is 5.92 Å². The van der Waals surface area contributed by atoms with Crippen LogP contribution in [0.25, 0.3) is 0 Å². The van der Waals surface area contributed by atoms with Gasteiger partial charge in [-0.1, -0.05) is 24.1 Å². The molecule has 2 rings (SSSR count). The van der Waals surface area contributed by atoms with Crippen molar-refractivity contribution in [3.8, 4) is 0 Å². The summed E-state index contributed by atoms with van der Waals surface area (Å²) in [5.41, 5.74) is 3.90. The molecule has 2 aliphatic rings. The standard InChI is InChI=1S/C15H22O/c1-10-4-6-13-11(2)5-7-14(12(3)9-16)15(13)8-10/h8-9,11,13,15H,4-7H2,1-3H3/b14-12-. The highest BCUT2D eigenvalue weighted by atomic mass is 16.1. The van der Waals surface area contributed by atoms with E-state index < -0.39 is 0 Å². The Hall–Kier alpha value is -0.850. The van der Waals surface area contributed by atoms with Crippen LogP contribution in [0.4, 0.5) is 0 Å². The first-order valence-electron chi connectivity index (χ1n) is 6.45. The summed E-state index contributed by atoms with van der Waals surface area (Å²) in [5.74, 6) is 2.16. The number of hydrogen-bond donors (Lipinski definition) is 0. The van der Waals surface area contributed by atoms with Gasteiger partial charge in [-0.15, -0.1) is 0 Å². The highest BCUT2D eigenvalue weighted by molar-refractivity contribution is 5.74. The Labute approximate surface area is 98.6 Å². The molecular formula is C15H22O. The summed E-state index contributed by atoms with van der Waals surface area (Å²) >= 11 is 0. The molecule has 0 heterocycles. The molecule has 0 aromatic carbocycles. The van der Waals surface area contributed by atoms with Crippen LogP contribution in [0.1, 0.15) is 46.5 Å². The van der Waals surface area contributed by atoms with Crippen LogP contribution >= 0.6 is 0 Å². The first-order valence-corrected chi connectivity index (χ1v) is 6.45. The number of allylic oxidation sites excluding steroid dienone is 4. The van der Waals surface area contributed by atoms with Crippen LogP contribution in [0.15, 0.2) is 22.8 Å². The maximum atomic E-state index is 11.0. The third-order valence-electron chi connectivity index (χ3n) is 4.48. The van der Waals surface area contributed by atoms with Crippen LogP contribution in [0.5, 0.6) is 0 Å². The van der Waals surface area contributed by atoms with Gasteiger partial charge in [-0.25, -0.2) is 0 Å². The number of carbonyl (C=O) groups excluding carboxylic acids is 1. The van der Waals surface area contributed by atoms with Gasteiger partial charge in [-0.2, -0.15) is 0 Å². The summed E-state index contributed by atoms with van der Waals surface area (Å²) in [6.07, 6.45) is 8.40. The highest BCUT2D eigenvalue weighted by Crippen LogP contribution is 2.45. The van der Waals surface area contributed by atoms with Crippen LogP contribution in [0.2, 0.25) is 0 Å². The quantitative estimate of drug-likeness (QED) is 0.370. The van der Waals surface area contributed by atoms with E-state index in [1.165, 1.54) is 30.4 Å².